The molecule has 0 bridgehead atoms. The summed E-state index contributed by atoms with van der Waals surface area (Å²) < 4.78 is 5.56. The molecule has 0 saturated carbocycles. The molecule has 1 aromatic carbocycles. The van der Waals surface area contributed by atoms with E-state index >= 15 is 0 Å². The second-order valence-corrected chi connectivity index (χ2v) is 12.1. The molecule has 0 spiro atoms. The van der Waals surface area contributed by atoms with E-state index in [1.54, 1.807) is 0 Å². The zero-order valence-corrected chi connectivity index (χ0v) is 20.9. The van der Waals surface area contributed by atoms with Crippen molar-refractivity contribution in [2.24, 2.45) is 0 Å². The lowest BCUT2D eigenvalue weighted by Gasteiger charge is -2.30. The van der Waals surface area contributed by atoms with Gasteiger partial charge < -0.3 is 20.3 Å². The van der Waals surface area contributed by atoms with Gasteiger partial charge >= 0.3 is 6.03 Å². The van der Waals surface area contributed by atoms with Crippen LogP contribution in [-0.4, -0.2) is 53.6 Å². The molecular weight excluding hydrogens is 422 g/mol. The first-order valence-corrected chi connectivity index (χ1v) is 12.1. The van der Waals surface area contributed by atoms with Crippen molar-refractivity contribution in [1.82, 2.24) is 15.3 Å². The van der Waals surface area contributed by atoms with Gasteiger partial charge in [0.1, 0.15) is 16.3 Å². The van der Waals surface area contributed by atoms with Crippen LogP contribution in [0.2, 0.25) is 0 Å². The molecule has 2 aromatic rings. The molecule has 2 heterocycles. The molecule has 7 nitrogen and oxygen atoms in total. The van der Waals surface area contributed by atoms with E-state index in [1.807, 2.05) is 31.2 Å². The van der Waals surface area contributed by atoms with E-state index in [4.69, 9.17) is 14.7 Å². The summed E-state index contributed by atoms with van der Waals surface area (Å²) in [5, 5.41) is 5.57. The number of rotatable bonds is 6. The lowest BCUT2D eigenvalue weighted by Crippen LogP contribution is -2.37. The second-order valence-electron chi connectivity index (χ2n) is 9.44. The van der Waals surface area contributed by atoms with Gasteiger partial charge in [0.05, 0.1) is 13.2 Å². The van der Waals surface area contributed by atoms with E-state index in [1.165, 1.54) is 11.8 Å². The number of aromatic nitrogens is 2. The van der Waals surface area contributed by atoms with Crippen LogP contribution >= 0.6 is 0 Å². The SMILES string of the molecule is CCNC(=O)Nc1ccc(-c2nc(N3CCOCC3)cc(C(C)(C)[SH+]C(C)(C)C)n2)cc1. The number of thiol groups is 1. The van der Waals surface area contributed by atoms with Crippen LogP contribution in [0.3, 0.4) is 0 Å². The summed E-state index contributed by atoms with van der Waals surface area (Å²) >= 11 is 1.30. The molecule has 0 radical (unpaired) electrons. The Balaban J connectivity index is 1.96. The van der Waals surface area contributed by atoms with Gasteiger partial charge in [-0.25, -0.2) is 14.8 Å². The van der Waals surface area contributed by atoms with E-state index in [0.717, 1.165) is 35.9 Å². The van der Waals surface area contributed by atoms with Crippen LogP contribution in [0.5, 0.6) is 0 Å². The summed E-state index contributed by atoms with van der Waals surface area (Å²) in [5.41, 5.74) is 2.69. The van der Waals surface area contributed by atoms with Crippen LogP contribution in [0.1, 0.15) is 47.2 Å². The van der Waals surface area contributed by atoms with Crippen molar-refractivity contribution in [3.8, 4) is 11.4 Å². The van der Waals surface area contributed by atoms with E-state index in [2.05, 4.69) is 56.2 Å². The summed E-state index contributed by atoms with van der Waals surface area (Å²) in [5.74, 6) is 1.64. The topological polar surface area (TPSA) is 79.4 Å². The van der Waals surface area contributed by atoms with E-state index in [-0.39, 0.29) is 15.5 Å². The number of urea groups is 1. The highest BCUT2D eigenvalue weighted by molar-refractivity contribution is 7.80. The van der Waals surface area contributed by atoms with Crippen molar-refractivity contribution >= 4 is 29.3 Å². The number of nitrogens with zero attached hydrogens (tertiary/aromatic N) is 3. The fourth-order valence-corrected chi connectivity index (χ4v) is 5.67. The number of ether oxygens (including phenoxy) is 1. The van der Waals surface area contributed by atoms with E-state index in [9.17, 15) is 4.79 Å². The van der Waals surface area contributed by atoms with Crippen LogP contribution in [0.25, 0.3) is 11.4 Å². The molecule has 3 rings (SSSR count). The second kappa shape index (κ2) is 10.1. The maximum atomic E-state index is 11.8. The van der Waals surface area contributed by atoms with Crippen LogP contribution in [0.15, 0.2) is 30.3 Å². The first kappa shape index (κ1) is 24.3. The van der Waals surface area contributed by atoms with E-state index < -0.39 is 0 Å². The molecule has 32 heavy (non-hydrogen) atoms. The van der Waals surface area contributed by atoms with Gasteiger partial charge in [-0.1, -0.05) is 0 Å². The van der Waals surface area contributed by atoms with Gasteiger partial charge in [-0.05, 0) is 77.6 Å². The monoisotopic (exact) mass is 458 g/mol. The molecule has 0 aliphatic carbocycles. The largest absolute Gasteiger partial charge is 0.378 e. The van der Waals surface area contributed by atoms with Crippen molar-refractivity contribution in [1.29, 1.82) is 0 Å². The zero-order valence-electron chi connectivity index (χ0n) is 20.0. The Morgan fingerprint density at radius 2 is 1.75 bits per heavy atom. The first-order valence-electron chi connectivity index (χ1n) is 11.2. The molecule has 8 heteroatoms. The lowest BCUT2D eigenvalue weighted by molar-refractivity contribution is 0.122. The molecule has 1 aliphatic rings. The van der Waals surface area contributed by atoms with Gasteiger partial charge in [0.25, 0.3) is 0 Å². The molecule has 1 aromatic heterocycles. The summed E-state index contributed by atoms with van der Waals surface area (Å²) in [6, 6.07) is 9.60. The standard InChI is InChI=1S/C24H35N5O2S/c1-7-25-22(30)26-18-10-8-17(9-11-18)21-27-19(24(5,6)32-23(2,3)4)16-20(28-21)29-12-14-31-15-13-29/h8-11,16H,7,12-15H2,1-6H3,(H2,25,26,30)/p+1. The Labute approximate surface area is 195 Å². The minimum Gasteiger partial charge on any atom is -0.378 e. The first-order chi connectivity index (χ1) is 15.1. The fraction of sp³-hybridized carbons (Fsp3) is 0.542. The van der Waals surface area contributed by atoms with Gasteiger partial charge in [-0.3, -0.25) is 0 Å². The molecule has 2 N–H and O–H groups in total. The van der Waals surface area contributed by atoms with Crippen LogP contribution in [0, 0.1) is 0 Å². The number of amides is 2. The van der Waals surface area contributed by atoms with Gasteiger partial charge in [0, 0.05) is 37.0 Å². The number of hydrogen-bond donors (Lipinski definition) is 2. The number of anilines is 2. The Morgan fingerprint density at radius 3 is 2.34 bits per heavy atom. The number of carbonyl (C=O) groups is 1. The quantitative estimate of drug-likeness (QED) is 0.506. The van der Waals surface area contributed by atoms with Crippen LogP contribution in [0.4, 0.5) is 16.3 Å². The fourth-order valence-electron chi connectivity index (χ4n) is 3.77. The highest BCUT2D eigenvalue weighted by Gasteiger charge is 2.38. The number of nitrogens with one attached hydrogen (secondary N) is 2. The molecule has 2 amide bonds. The van der Waals surface area contributed by atoms with Crippen LogP contribution < -0.4 is 15.5 Å². The number of morpholine rings is 1. The summed E-state index contributed by atoms with van der Waals surface area (Å²) in [4.78, 5) is 24.0. The predicted octanol–water partition coefficient (Wildman–Crippen LogP) is 3.97. The normalized spacial score (nSPS) is 14.9. The predicted molar refractivity (Wildman–Crippen MR) is 135 cm³/mol. The number of benzene rings is 1. The van der Waals surface area contributed by atoms with Gasteiger partial charge in [0.2, 0.25) is 0 Å². The zero-order chi connectivity index (χ0) is 23.4. The Kier molecular flexibility index (Phi) is 7.67. The van der Waals surface area contributed by atoms with Crippen molar-refractivity contribution in [2.75, 3.05) is 43.1 Å². The third kappa shape index (κ3) is 6.59. The average Bonchev–Trinajstić information content (AvgIpc) is 2.73. The molecule has 0 atom stereocenters. The number of hydrogen-bond acceptors (Lipinski definition) is 5. The highest BCUT2D eigenvalue weighted by Crippen LogP contribution is 2.33. The lowest BCUT2D eigenvalue weighted by atomic mass is 10.1. The van der Waals surface area contributed by atoms with Gasteiger partial charge in [-0.15, -0.1) is 0 Å². The molecule has 1 aliphatic heterocycles. The average molecular weight is 459 g/mol. The molecular formula is C24H36N5O2S+. The maximum absolute atomic E-state index is 11.8. The Morgan fingerprint density at radius 1 is 1.09 bits per heavy atom. The Hall–Kier alpha value is -2.32. The summed E-state index contributed by atoms with van der Waals surface area (Å²) in [6.07, 6.45) is 0. The molecule has 1 saturated heterocycles. The smallest absolute Gasteiger partial charge is 0.319 e. The number of carbonyl (C=O) groups excluding carboxylic acids is 1. The molecule has 174 valence electrons. The highest BCUT2D eigenvalue weighted by atomic mass is 32.2. The van der Waals surface area contributed by atoms with Crippen LogP contribution in [-0.2, 0) is 21.2 Å². The minimum absolute atomic E-state index is 0.128. The maximum Gasteiger partial charge on any atom is 0.319 e. The third-order valence-corrected chi connectivity index (χ3v) is 6.49. The molecule has 0 unspecified atom stereocenters. The van der Waals surface area contributed by atoms with E-state index in [0.29, 0.717) is 25.6 Å². The minimum atomic E-state index is -0.212. The third-order valence-electron chi connectivity index (χ3n) is 5.03. The van der Waals surface area contributed by atoms with Crippen molar-refractivity contribution in [2.45, 2.75) is 51.0 Å². The summed E-state index contributed by atoms with van der Waals surface area (Å²) in [6.45, 7) is 16.8. The van der Waals surface area contributed by atoms with Crippen molar-refractivity contribution < 1.29 is 9.53 Å². The van der Waals surface area contributed by atoms with Crippen molar-refractivity contribution in [3.63, 3.8) is 0 Å². The molecule has 1 fully saturated rings. The van der Waals surface area contributed by atoms with Gasteiger partial charge in [-0.2, -0.15) is 0 Å². The Bertz CT molecular complexity index is 919. The summed E-state index contributed by atoms with van der Waals surface area (Å²) in [7, 11) is 0. The van der Waals surface area contributed by atoms with Crippen molar-refractivity contribution in [3.05, 3.63) is 36.0 Å². The van der Waals surface area contributed by atoms with Gasteiger partial charge in [0.15, 0.2) is 10.6 Å².